The zero-order valence-electron chi connectivity index (χ0n) is 40.0. The number of carboxylic acids is 1. The minimum absolute atomic E-state index is 0.0274. The molecule has 5 aliphatic heterocycles. The summed E-state index contributed by atoms with van der Waals surface area (Å²) in [4.78, 5) is 91.2. The minimum Gasteiger partial charge on any atom is -0.481 e. The van der Waals surface area contributed by atoms with Crippen LogP contribution < -0.4 is 0 Å². The van der Waals surface area contributed by atoms with Crippen molar-refractivity contribution in [2.24, 2.45) is 17.8 Å². The molecule has 4 unspecified atom stereocenters. The summed E-state index contributed by atoms with van der Waals surface area (Å²) in [6.07, 6.45) is 7.52. The van der Waals surface area contributed by atoms with Crippen molar-refractivity contribution in [1.82, 2.24) is 8.61 Å². The van der Waals surface area contributed by atoms with Crippen molar-refractivity contribution >= 4 is 94.7 Å². The molecule has 7 atom stereocenters. The van der Waals surface area contributed by atoms with Crippen LogP contribution in [0.4, 0.5) is 0 Å². The maximum absolute atomic E-state index is 12.4. The van der Waals surface area contributed by atoms with Gasteiger partial charge < -0.3 is 33.9 Å². The molecule has 3 aromatic rings. The van der Waals surface area contributed by atoms with Crippen LogP contribution in [0.25, 0.3) is 0 Å². The molecular weight excluding hydrogens is 1020 g/mol. The van der Waals surface area contributed by atoms with Gasteiger partial charge >= 0.3 is 35.8 Å². The molecule has 0 spiro atoms. The molecule has 2 N–H and O–H groups in total. The summed E-state index contributed by atoms with van der Waals surface area (Å²) in [7, 11) is 0. The highest BCUT2D eigenvalue weighted by Gasteiger charge is 2.52. The highest BCUT2D eigenvalue weighted by Crippen LogP contribution is 2.44. The van der Waals surface area contributed by atoms with Crippen molar-refractivity contribution in [3.63, 3.8) is 0 Å². The van der Waals surface area contributed by atoms with E-state index in [0.717, 1.165) is 23.1 Å². The molecule has 5 fully saturated rings. The third-order valence-electron chi connectivity index (χ3n) is 12.4. The van der Waals surface area contributed by atoms with Crippen molar-refractivity contribution < 1.29 is 72.3 Å². The van der Waals surface area contributed by atoms with E-state index in [1.165, 1.54) is 28.2 Å². The Bertz CT molecular complexity index is 2340. The number of cyclic esters (lactones) is 3. The average Bonchev–Trinajstić information content (AvgIpc) is 3.81. The predicted molar refractivity (Wildman–Crippen MR) is 268 cm³/mol. The van der Waals surface area contributed by atoms with E-state index in [1.54, 1.807) is 28.9 Å². The molecule has 3 aromatic carbocycles. The molecule has 0 bridgehead atoms. The molecule has 390 valence electrons. The Balaban J connectivity index is 0.000000186. The lowest BCUT2D eigenvalue weighted by atomic mass is 9.93. The van der Waals surface area contributed by atoms with Crippen LogP contribution in [0.1, 0.15) is 106 Å². The summed E-state index contributed by atoms with van der Waals surface area (Å²) >= 11 is 14.8. The standard InChI is InChI=1S/C18H20ClNO5S.C15H18O4.C10H10ClNO2S.C8H12O4/c1-26-20-16(12-4-2-3-5-13(12)19)17(18(20)23)25-15(22)10-11-6-7-14(21)24-9-8-11;16-14-7-6-12(8-9-18-14)10-15(17)19-11-13-4-2-1-3-5-13;1-15-12-8(9(13)10(12)14)6-4-2-3-5-7(6)11;9-7(10)5-6-1-2-8(11)12-4-3-6/h2-5,11,16-17H,6-10H2,1H3;1-5,12H,6-11H2;2-5,8-9,13H,1H3;6H,1-5H2,(H,9,10)/t11?,16-,17?;;8-,9+;/m1.0./s1. The summed E-state index contributed by atoms with van der Waals surface area (Å²) < 4.78 is 28.6. The van der Waals surface area contributed by atoms with Crippen molar-refractivity contribution in [2.45, 2.75) is 108 Å². The number of amides is 2. The molecule has 5 aliphatic rings. The van der Waals surface area contributed by atoms with Crippen molar-refractivity contribution in [3.05, 3.63) is 106 Å². The van der Waals surface area contributed by atoms with Crippen LogP contribution in [0, 0.1) is 17.8 Å². The van der Waals surface area contributed by atoms with Gasteiger partial charge in [0.05, 0.1) is 19.8 Å². The molecule has 5 heterocycles. The first-order valence-electron chi connectivity index (χ1n) is 23.6. The predicted octanol–water partition coefficient (Wildman–Crippen LogP) is 8.28. The van der Waals surface area contributed by atoms with Crippen LogP contribution in [0.2, 0.25) is 10.0 Å². The molecular formula is C51H60Cl2N2O15S2. The van der Waals surface area contributed by atoms with E-state index in [4.69, 9.17) is 52.0 Å². The van der Waals surface area contributed by atoms with Crippen molar-refractivity contribution in [3.8, 4) is 0 Å². The zero-order chi connectivity index (χ0) is 52.2. The average molecular weight is 1080 g/mol. The summed E-state index contributed by atoms with van der Waals surface area (Å²) in [6.45, 7) is 1.41. The summed E-state index contributed by atoms with van der Waals surface area (Å²) in [6, 6.07) is 23.4. The lowest BCUT2D eigenvalue weighted by Crippen LogP contribution is -2.57. The van der Waals surface area contributed by atoms with E-state index < -0.39 is 30.2 Å². The largest absolute Gasteiger partial charge is 0.481 e. The quantitative estimate of drug-likeness (QED) is 0.0710. The topological polar surface area (TPSA) is 230 Å². The van der Waals surface area contributed by atoms with Gasteiger partial charge in [0.2, 0.25) is 6.10 Å². The van der Waals surface area contributed by atoms with Gasteiger partial charge in [0.1, 0.15) is 18.7 Å². The van der Waals surface area contributed by atoms with Crippen LogP contribution in [0.15, 0.2) is 78.9 Å². The number of carbonyl (C=O) groups is 8. The Morgan fingerprint density at radius 1 is 0.597 bits per heavy atom. The molecule has 2 amide bonds. The van der Waals surface area contributed by atoms with Gasteiger partial charge in [-0.05, 0) is 85.1 Å². The number of carbonyl (C=O) groups excluding carboxylic acids is 7. The monoisotopic (exact) mass is 1070 g/mol. The fourth-order valence-corrected chi connectivity index (χ4v) is 10.3. The number of aliphatic hydroxyl groups is 1. The second-order valence-corrected chi connectivity index (χ2v) is 19.7. The molecule has 0 aliphatic carbocycles. The second-order valence-electron chi connectivity index (χ2n) is 17.4. The number of esters is 5. The van der Waals surface area contributed by atoms with Gasteiger partial charge in [0, 0.05) is 61.1 Å². The van der Waals surface area contributed by atoms with E-state index >= 15 is 0 Å². The van der Waals surface area contributed by atoms with Gasteiger partial charge in [0.15, 0.2) is 6.10 Å². The first-order chi connectivity index (χ1) is 34.6. The molecule has 0 aromatic heterocycles. The van der Waals surface area contributed by atoms with Gasteiger partial charge in [-0.25, -0.2) is 0 Å². The highest BCUT2D eigenvalue weighted by molar-refractivity contribution is 7.97. The SMILES string of the molecule is CSN1C(=O)C(OC(=O)CC2CCOC(=O)CC2)[C@H]1c1ccccc1Cl.CSN1C(=O)[C@H](O)[C@@H]1c1ccccc1Cl.O=C(O)CC1CCOC(=O)CC1.O=C1CCC(CC(=O)OCc2ccccc2)CCO1. The Kier molecular flexibility index (Phi) is 23.5. The minimum atomic E-state index is -0.961. The fourth-order valence-electron chi connectivity index (χ4n) is 8.38. The number of rotatable bonds is 13. The number of hydrogen-bond acceptors (Lipinski definition) is 16. The van der Waals surface area contributed by atoms with Crippen LogP contribution >= 0.6 is 47.1 Å². The Morgan fingerprint density at radius 2 is 1.03 bits per heavy atom. The van der Waals surface area contributed by atoms with Gasteiger partial charge in [-0.1, -0.05) is 114 Å². The van der Waals surface area contributed by atoms with Crippen LogP contribution in [0.5, 0.6) is 0 Å². The number of hydrogen-bond donors (Lipinski definition) is 2. The van der Waals surface area contributed by atoms with Crippen LogP contribution in [-0.4, -0.2) is 111 Å². The molecule has 17 nitrogen and oxygen atoms in total. The molecule has 72 heavy (non-hydrogen) atoms. The number of aliphatic hydroxyl groups excluding tert-OH is 1. The summed E-state index contributed by atoms with van der Waals surface area (Å²) in [5.74, 6) is -2.21. The van der Waals surface area contributed by atoms with E-state index in [1.807, 2.05) is 66.7 Å². The summed E-state index contributed by atoms with van der Waals surface area (Å²) in [5, 5.41) is 19.2. The Labute approximate surface area is 437 Å². The maximum Gasteiger partial charge on any atom is 0.306 e. The van der Waals surface area contributed by atoms with Gasteiger partial charge in [-0.15, -0.1) is 0 Å². The first-order valence-corrected chi connectivity index (χ1v) is 26.7. The smallest absolute Gasteiger partial charge is 0.306 e. The lowest BCUT2D eigenvalue weighted by Gasteiger charge is -2.44. The van der Waals surface area contributed by atoms with E-state index in [-0.39, 0.29) is 72.3 Å². The van der Waals surface area contributed by atoms with Crippen molar-refractivity contribution in [2.75, 3.05) is 32.3 Å². The number of halogens is 2. The molecule has 21 heteroatoms. The third kappa shape index (κ3) is 17.4. The van der Waals surface area contributed by atoms with E-state index in [9.17, 15) is 43.5 Å². The highest BCUT2D eigenvalue weighted by atomic mass is 35.5. The van der Waals surface area contributed by atoms with Gasteiger partial charge in [-0.2, -0.15) is 0 Å². The number of aliphatic carboxylic acids is 1. The third-order valence-corrected chi connectivity index (χ3v) is 14.7. The Morgan fingerprint density at radius 3 is 1.50 bits per heavy atom. The van der Waals surface area contributed by atoms with Gasteiger partial charge in [0.25, 0.3) is 11.8 Å². The normalized spacial score (nSPS) is 23.8. The zero-order valence-corrected chi connectivity index (χ0v) is 43.2. The van der Waals surface area contributed by atoms with Crippen LogP contribution in [-0.2, 0) is 68.6 Å². The summed E-state index contributed by atoms with van der Waals surface area (Å²) in [5.41, 5.74) is 2.53. The lowest BCUT2D eigenvalue weighted by molar-refractivity contribution is -0.175. The van der Waals surface area contributed by atoms with E-state index in [2.05, 4.69) is 0 Å². The number of nitrogens with zero attached hydrogens (tertiary/aromatic N) is 2. The van der Waals surface area contributed by atoms with E-state index in [0.29, 0.717) is 94.3 Å². The molecule has 8 rings (SSSR count). The fraction of sp³-hybridized carbons (Fsp3) is 0.490. The van der Waals surface area contributed by atoms with Crippen molar-refractivity contribution in [1.29, 1.82) is 0 Å². The number of benzene rings is 3. The Hall–Kier alpha value is -5.34. The second kappa shape index (κ2) is 29.4. The molecule has 0 radical (unpaired) electrons. The van der Waals surface area contributed by atoms with Crippen LogP contribution in [0.3, 0.4) is 0 Å². The maximum atomic E-state index is 12.4. The van der Waals surface area contributed by atoms with Gasteiger partial charge in [-0.3, -0.25) is 47.0 Å². The number of ether oxygens (including phenoxy) is 5. The first kappa shape index (κ1) is 57.6. The number of β-lactam (4-membered cyclic amide) rings is 2. The molecule has 5 saturated heterocycles. The molecule has 0 saturated carbocycles. The number of carboxylic acid groups (broad SMARTS) is 1.